The van der Waals surface area contributed by atoms with Crippen molar-refractivity contribution in [1.82, 2.24) is 0 Å². The van der Waals surface area contributed by atoms with Crippen LogP contribution in [0.1, 0.15) is 42.4 Å². The van der Waals surface area contributed by atoms with Crippen LogP contribution < -0.4 is 0 Å². The Kier molecular flexibility index (Phi) is 3.31. The molecule has 0 aromatic carbocycles. The molecular weight excluding hydrogens is 166 g/mol. The minimum absolute atomic E-state index is 0.613. The molecular formula is C10H13NS. The Bertz CT molecular complexity index is 282. The molecule has 0 aliphatic carbocycles. The molecule has 2 heteroatoms. The monoisotopic (exact) mass is 179 g/mol. The van der Waals surface area contributed by atoms with Crippen LogP contribution in [-0.2, 0) is 0 Å². The molecule has 1 unspecified atom stereocenters. The van der Waals surface area contributed by atoms with Gasteiger partial charge in [0, 0.05) is 4.88 Å². The van der Waals surface area contributed by atoms with Gasteiger partial charge < -0.3 is 0 Å². The minimum atomic E-state index is 0.613. The van der Waals surface area contributed by atoms with Gasteiger partial charge in [0.2, 0.25) is 0 Å². The highest BCUT2D eigenvalue weighted by atomic mass is 32.1. The zero-order valence-electron chi connectivity index (χ0n) is 7.50. The summed E-state index contributed by atoms with van der Waals surface area (Å²) < 4.78 is 0. The summed E-state index contributed by atoms with van der Waals surface area (Å²) in [6.45, 7) is 4.41. The largest absolute Gasteiger partial charge is 0.192 e. The van der Waals surface area contributed by atoms with Crippen LogP contribution in [-0.4, -0.2) is 0 Å². The Morgan fingerprint density at radius 2 is 2.33 bits per heavy atom. The van der Waals surface area contributed by atoms with Gasteiger partial charge in [-0.1, -0.05) is 20.3 Å². The van der Waals surface area contributed by atoms with Gasteiger partial charge in [-0.05, 0) is 24.5 Å². The zero-order valence-corrected chi connectivity index (χ0v) is 8.32. The van der Waals surface area contributed by atoms with Crippen LogP contribution in [0.3, 0.4) is 0 Å². The van der Waals surface area contributed by atoms with E-state index in [1.165, 1.54) is 17.7 Å². The fourth-order valence-corrected chi connectivity index (χ4v) is 2.14. The van der Waals surface area contributed by atoms with Crippen molar-refractivity contribution in [2.24, 2.45) is 0 Å². The fourth-order valence-electron chi connectivity index (χ4n) is 1.25. The second-order valence-corrected chi connectivity index (χ2v) is 4.12. The summed E-state index contributed by atoms with van der Waals surface area (Å²) in [6.07, 6.45) is 2.42. The van der Waals surface area contributed by atoms with Gasteiger partial charge in [-0.3, -0.25) is 0 Å². The molecule has 0 saturated carbocycles. The first-order valence-corrected chi connectivity index (χ1v) is 5.09. The van der Waals surface area contributed by atoms with Gasteiger partial charge in [-0.15, -0.1) is 11.3 Å². The van der Waals surface area contributed by atoms with Crippen LogP contribution in [0.4, 0.5) is 0 Å². The predicted octanol–water partition coefficient (Wildman–Crippen LogP) is 3.52. The molecule has 64 valence electrons. The van der Waals surface area contributed by atoms with Crippen LogP contribution in [0.15, 0.2) is 12.1 Å². The normalized spacial score (nSPS) is 12.4. The van der Waals surface area contributed by atoms with E-state index in [1.807, 2.05) is 6.07 Å². The van der Waals surface area contributed by atoms with Crippen LogP contribution in [0, 0.1) is 11.3 Å². The van der Waals surface area contributed by atoms with Crippen LogP contribution in [0.2, 0.25) is 0 Å². The number of hydrogen-bond acceptors (Lipinski definition) is 2. The second-order valence-electron chi connectivity index (χ2n) is 3.00. The lowest BCUT2D eigenvalue weighted by Crippen LogP contribution is -1.87. The summed E-state index contributed by atoms with van der Waals surface area (Å²) in [5.41, 5.74) is 0. The molecule has 1 atom stereocenters. The van der Waals surface area contributed by atoms with E-state index in [-0.39, 0.29) is 0 Å². The lowest BCUT2D eigenvalue weighted by Gasteiger charge is -2.05. The average molecular weight is 179 g/mol. The molecule has 0 amide bonds. The van der Waals surface area contributed by atoms with E-state index in [2.05, 4.69) is 26.0 Å². The van der Waals surface area contributed by atoms with Gasteiger partial charge in [-0.25, -0.2) is 0 Å². The van der Waals surface area contributed by atoms with Crippen molar-refractivity contribution in [1.29, 1.82) is 5.26 Å². The summed E-state index contributed by atoms with van der Waals surface area (Å²) in [7, 11) is 0. The third-order valence-electron chi connectivity index (χ3n) is 1.94. The van der Waals surface area contributed by atoms with Gasteiger partial charge in [0.1, 0.15) is 10.9 Å². The average Bonchev–Trinajstić information content (AvgIpc) is 2.52. The third-order valence-corrected chi connectivity index (χ3v) is 3.17. The highest BCUT2D eigenvalue weighted by molar-refractivity contribution is 7.12. The van der Waals surface area contributed by atoms with Crippen molar-refractivity contribution in [3.05, 3.63) is 21.9 Å². The lowest BCUT2D eigenvalue weighted by atomic mass is 10.1. The molecule has 0 spiro atoms. The molecule has 12 heavy (non-hydrogen) atoms. The number of thiophene rings is 1. The van der Waals surface area contributed by atoms with E-state index in [0.717, 1.165) is 4.88 Å². The smallest absolute Gasteiger partial charge is 0.110 e. The quantitative estimate of drug-likeness (QED) is 0.696. The molecule has 1 heterocycles. The van der Waals surface area contributed by atoms with Gasteiger partial charge in [-0.2, -0.15) is 5.26 Å². The number of nitrogens with zero attached hydrogens (tertiary/aromatic N) is 1. The second kappa shape index (κ2) is 4.27. The molecule has 1 nitrogen and oxygen atoms in total. The van der Waals surface area contributed by atoms with Gasteiger partial charge in [0.05, 0.1) is 0 Å². The third kappa shape index (κ3) is 2.09. The maximum atomic E-state index is 8.62. The van der Waals surface area contributed by atoms with E-state index in [0.29, 0.717) is 5.92 Å². The molecule has 1 rings (SSSR count). The van der Waals surface area contributed by atoms with Crippen LogP contribution in [0.5, 0.6) is 0 Å². The maximum absolute atomic E-state index is 8.62. The maximum Gasteiger partial charge on any atom is 0.110 e. The van der Waals surface area contributed by atoms with Crippen molar-refractivity contribution in [3.8, 4) is 6.07 Å². The molecule has 1 aromatic rings. The Balaban J connectivity index is 2.69. The standard InChI is InChI=1S/C10H13NS/c1-3-4-8(2)10-6-5-9(7-11)12-10/h5-6,8H,3-4H2,1-2H3. The fraction of sp³-hybridized carbons (Fsp3) is 0.500. The summed E-state index contributed by atoms with van der Waals surface area (Å²) in [5.74, 6) is 0.613. The van der Waals surface area contributed by atoms with E-state index in [9.17, 15) is 0 Å². The van der Waals surface area contributed by atoms with Gasteiger partial charge >= 0.3 is 0 Å². The van der Waals surface area contributed by atoms with Gasteiger partial charge in [0.15, 0.2) is 0 Å². The number of rotatable bonds is 3. The van der Waals surface area contributed by atoms with Crippen molar-refractivity contribution in [2.75, 3.05) is 0 Å². The summed E-state index contributed by atoms with van der Waals surface area (Å²) in [4.78, 5) is 2.17. The first-order valence-electron chi connectivity index (χ1n) is 4.27. The molecule has 0 radical (unpaired) electrons. The van der Waals surface area contributed by atoms with Crippen molar-refractivity contribution in [3.63, 3.8) is 0 Å². The molecule has 0 N–H and O–H groups in total. The Hall–Kier alpha value is -0.810. The molecule has 0 aliphatic heterocycles. The Labute approximate surface area is 77.7 Å². The molecule has 1 aromatic heterocycles. The van der Waals surface area contributed by atoms with Crippen molar-refractivity contribution < 1.29 is 0 Å². The summed E-state index contributed by atoms with van der Waals surface area (Å²) >= 11 is 1.62. The Morgan fingerprint density at radius 1 is 1.58 bits per heavy atom. The topological polar surface area (TPSA) is 23.8 Å². The van der Waals surface area contributed by atoms with E-state index in [1.54, 1.807) is 11.3 Å². The molecule has 0 saturated heterocycles. The minimum Gasteiger partial charge on any atom is -0.192 e. The lowest BCUT2D eigenvalue weighted by molar-refractivity contribution is 0.675. The highest BCUT2D eigenvalue weighted by Crippen LogP contribution is 2.27. The van der Waals surface area contributed by atoms with Crippen molar-refractivity contribution >= 4 is 11.3 Å². The van der Waals surface area contributed by atoms with Crippen LogP contribution >= 0.6 is 11.3 Å². The van der Waals surface area contributed by atoms with E-state index < -0.39 is 0 Å². The summed E-state index contributed by atoms with van der Waals surface area (Å²) in [6, 6.07) is 6.14. The van der Waals surface area contributed by atoms with Gasteiger partial charge in [0.25, 0.3) is 0 Å². The summed E-state index contributed by atoms with van der Waals surface area (Å²) in [5, 5.41) is 8.62. The Morgan fingerprint density at radius 3 is 2.83 bits per heavy atom. The molecule has 0 fully saturated rings. The van der Waals surface area contributed by atoms with Crippen LogP contribution in [0.25, 0.3) is 0 Å². The highest BCUT2D eigenvalue weighted by Gasteiger charge is 2.06. The molecule has 0 aliphatic rings. The predicted molar refractivity (Wildman–Crippen MR) is 52.4 cm³/mol. The first-order chi connectivity index (χ1) is 5.77. The number of hydrogen-bond donors (Lipinski definition) is 0. The molecule has 0 bridgehead atoms. The van der Waals surface area contributed by atoms with Crippen molar-refractivity contribution in [2.45, 2.75) is 32.6 Å². The van der Waals surface area contributed by atoms with E-state index in [4.69, 9.17) is 5.26 Å². The first kappa shape index (κ1) is 9.28. The zero-order chi connectivity index (χ0) is 8.97. The van der Waals surface area contributed by atoms with E-state index >= 15 is 0 Å². The SMILES string of the molecule is CCCC(C)c1ccc(C#N)s1. The number of nitriles is 1.